The predicted octanol–water partition coefficient (Wildman–Crippen LogP) is 1.90. The van der Waals surface area contributed by atoms with Crippen molar-refractivity contribution in [3.05, 3.63) is 23.8 Å². The van der Waals surface area contributed by atoms with Crippen LogP contribution >= 0.6 is 0 Å². The largest absolute Gasteiger partial charge is 0.369 e. The Morgan fingerprint density at radius 3 is 2.81 bits per heavy atom. The number of amides is 2. The standard InChI is InChI=1S/C16H19N3O2/c20-14-7-10-18-9-6-13(19-8-2-5-15(19)21)11-3-1-4-12(17-14)16(11)18/h1,3-4,13H,2,5-10H2,(H,17,20). The van der Waals surface area contributed by atoms with Gasteiger partial charge in [0.2, 0.25) is 11.8 Å². The van der Waals surface area contributed by atoms with Gasteiger partial charge in [-0.1, -0.05) is 12.1 Å². The summed E-state index contributed by atoms with van der Waals surface area (Å²) < 4.78 is 0. The van der Waals surface area contributed by atoms with Gasteiger partial charge in [-0.2, -0.15) is 0 Å². The van der Waals surface area contributed by atoms with Crippen LogP contribution in [0.15, 0.2) is 18.2 Å². The average molecular weight is 285 g/mol. The summed E-state index contributed by atoms with van der Waals surface area (Å²) in [6.45, 7) is 2.53. The zero-order chi connectivity index (χ0) is 14.4. The first kappa shape index (κ1) is 12.7. The topological polar surface area (TPSA) is 52.7 Å². The number of benzene rings is 1. The minimum absolute atomic E-state index is 0.0756. The Bertz CT molecular complexity index is 614. The molecule has 110 valence electrons. The monoisotopic (exact) mass is 285 g/mol. The van der Waals surface area contributed by atoms with Crippen molar-refractivity contribution in [3.8, 4) is 0 Å². The van der Waals surface area contributed by atoms with Gasteiger partial charge in [0.25, 0.3) is 0 Å². The highest BCUT2D eigenvalue weighted by atomic mass is 16.2. The Kier molecular flexibility index (Phi) is 2.87. The van der Waals surface area contributed by atoms with Gasteiger partial charge in [0, 0.05) is 38.0 Å². The molecule has 5 heteroatoms. The molecule has 0 saturated carbocycles. The van der Waals surface area contributed by atoms with Crippen LogP contribution in [0, 0.1) is 0 Å². The second kappa shape index (κ2) is 4.76. The quantitative estimate of drug-likeness (QED) is 0.857. The smallest absolute Gasteiger partial charge is 0.226 e. The number of hydrogen-bond donors (Lipinski definition) is 1. The third-order valence-corrected chi connectivity index (χ3v) is 4.78. The van der Waals surface area contributed by atoms with E-state index in [0.717, 1.165) is 43.9 Å². The van der Waals surface area contributed by atoms with E-state index >= 15 is 0 Å². The summed E-state index contributed by atoms with van der Waals surface area (Å²) in [4.78, 5) is 28.2. The second-order valence-corrected chi connectivity index (χ2v) is 6.02. The van der Waals surface area contributed by atoms with Crippen LogP contribution in [-0.2, 0) is 9.59 Å². The minimum Gasteiger partial charge on any atom is -0.369 e. The molecular formula is C16H19N3O2. The van der Waals surface area contributed by atoms with Crippen molar-refractivity contribution in [2.75, 3.05) is 29.9 Å². The van der Waals surface area contributed by atoms with Crippen LogP contribution in [0.3, 0.4) is 0 Å². The highest BCUT2D eigenvalue weighted by Gasteiger charge is 2.36. The molecule has 1 aromatic rings. The van der Waals surface area contributed by atoms with Crippen molar-refractivity contribution in [3.63, 3.8) is 0 Å². The van der Waals surface area contributed by atoms with Gasteiger partial charge in [0.05, 0.1) is 17.4 Å². The van der Waals surface area contributed by atoms with E-state index in [1.54, 1.807) is 0 Å². The molecule has 0 aliphatic carbocycles. The Labute approximate surface area is 123 Å². The van der Waals surface area contributed by atoms with Crippen molar-refractivity contribution < 1.29 is 9.59 Å². The van der Waals surface area contributed by atoms with Crippen molar-refractivity contribution in [1.29, 1.82) is 0 Å². The number of hydrogen-bond acceptors (Lipinski definition) is 3. The molecule has 21 heavy (non-hydrogen) atoms. The second-order valence-electron chi connectivity index (χ2n) is 6.02. The van der Waals surface area contributed by atoms with Crippen LogP contribution in [0.5, 0.6) is 0 Å². The maximum atomic E-state index is 12.1. The summed E-state index contributed by atoms with van der Waals surface area (Å²) in [7, 11) is 0. The van der Waals surface area contributed by atoms with Crippen molar-refractivity contribution in [1.82, 2.24) is 4.90 Å². The van der Waals surface area contributed by atoms with Gasteiger partial charge in [0.15, 0.2) is 0 Å². The lowest BCUT2D eigenvalue weighted by atomic mass is 9.94. The maximum Gasteiger partial charge on any atom is 0.226 e. The average Bonchev–Trinajstić information content (AvgIpc) is 2.83. The molecule has 3 aliphatic rings. The molecule has 0 radical (unpaired) electrons. The lowest BCUT2D eigenvalue weighted by Gasteiger charge is -2.39. The number of rotatable bonds is 1. The highest BCUT2D eigenvalue weighted by molar-refractivity contribution is 5.97. The summed E-state index contributed by atoms with van der Waals surface area (Å²) in [6, 6.07) is 6.22. The molecule has 1 saturated heterocycles. The van der Waals surface area contributed by atoms with Crippen LogP contribution in [0.2, 0.25) is 0 Å². The third kappa shape index (κ3) is 1.99. The van der Waals surface area contributed by atoms with Gasteiger partial charge >= 0.3 is 0 Å². The zero-order valence-electron chi connectivity index (χ0n) is 12.0. The fraction of sp³-hybridized carbons (Fsp3) is 0.500. The molecule has 1 N–H and O–H groups in total. The maximum absolute atomic E-state index is 12.1. The molecule has 0 spiro atoms. The number of likely N-dealkylation sites (tertiary alicyclic amines) is 1. The third-order valence-electron chi connectivity index (χ3n) is 4.78. The van der Waals surface area contributed by atoms with Crippen LogP contribution in [0.4, 0.5) is 11.4 Å². The first-order chi connectivity index (χ1) is 10.2. The summed E-state index contributed by atoms with van der Waals surface area (Å²) in [6.07, 6.45) is 3.12. The molecule has 3 heterocycles. The van der Waals surface area contributed by atoms with E-state index in [9.17, 15) is 9.59 Å². The van der Waals surface area contributed by atoms with Gasteiger partial charge in [0.1, 0.15) is 0 Å². The number of carbonyl (C=O) groups excluding carboxylic acids is 2. The number of nitrogens with one attached hydrogen (secondary N) is 1. The lowest BCUT2D eigenvalue weighted by Crippen LogP contribution is -2.39. The Morgan fingerprint density at radius 2 is 2.00 bits per heavy atom. The van der Waals surface area contributed by atoms with Crippen molar-refractivity contribution in [2.24, 2.45) is 0 Å². The van der Waals surface area contributed by atoms with Gasteiger partial charge < -0.3 is 15.1 Å². The van der Waals surface area contributed by atoms with Crippen LogP contribution < -0.4 is 10.2 Å². The summed E-state index contributed by atoms with van der Waals surface area (Å²) >= 11 is 0. The molecule has 4 rings (SSSR count). The van der Waals surface area contributed by atoms with E-state index in [4.69, 9.17) is 0 Å². The predicted molar refractivity (Wildman–Crippen MR) is 80.2 cm³/mol. The number of para-hydroxylation sites is 1. The summed E-state index contributed by atoms with van der Waals surface area (Å²) in [5.41, 5.74) is 3.21. The van der Waals surface area contributed by atoms with E-state index in [2.05, 4.69) is 16.3 Å². The number of nitrogens with zero attached hydrogens (tertiary/aromatic N) is 2. The van der Waals surface area contributed by atoms with Crippen LogP contribution in [0.25, 0.3) is 0 Å². The van der Waals surface area contributed by atoms with Crippen molar-refractivity contribution in [2.45, 2.75) is 31.7 Å². The molecule has 1 unspecified atom stereocenters. The van der Waals surface area contributed by atoms with Gasteiger partial charge in [-0.15, -0.1) is 0 Å². The minimum atomic E-state index is 0.0756. The Balaban J connectivity index is 1.79. The first-order valence-corrected chi connectivity index (χ1v) is 7.71. The summed E-state index contributed by atoms with van der Waals surface area (Å²) in [5, 5.41) is 3.00. The molecule has 3 aliphatic heterocycles. The van der Waals surface area contributed by atoms with E-state index < -0.39 is 0 Å². The molecule has 0 aromatic heterocycles. The number of carbonyl (C=O) groups is 2. The van der Waals surface area contributed by atoms with Gasteiger partial charge in [-0.3, -0.25) is 9.59 Å². The molecule has 1 aromatic carbocycles. The van der Waals surface area contributed by atoms with E-state index in [0.29, 0.717) is 12.8 Å². The fourth-order valence-electron chi connectivity index (χ4n) is 3.82. The van der Waals surface area contributed by atoms with Crippen LogP contribution in [-0.4, -0.2) is 36.3 Å². The van der Waals surface area contributed by atoms with E-state index in [1.165, 1.54) is 5.56 Å². The molecule has 2 amide bonds. The normalized spacial score (nSPS) is 24.7. The molecular weight excluding hydrogens is 266 g/mol. The fourth-order valence-corrected chi connectivity index (χ4v) is 3.82. The first-order valence-electron chi connectivity index (χ1n) is 7.71. The Morgan fingerprint density at radius 1 is 1.10 bits per heavy atom. The van der Waals surface area contributed by atoms with Gasteiger partial charge in [-0.25, -0.2) is 0 Å². The van der Waals surface area contributed by atoms with E-state index in [-0.39, 0.29) is 17.9 Å². The Hall–Kier alpha value is -2.04. The SMILES string of the molecule is O=C1CCN2CCC(N3CCCC3=O)c3cccc(c32)N1. The summed E-state index contributed by atoms with van der Waals surface area (Å²) in [5.74, 6) is 0.343. The zero-order valence-corrected chi connectivity index (χ0v) is 12.0. The van der Waals surface area contributed by atoms with Crippen LogP contribution in [0.1, 0.15) is 37.3 Å². The molecule has 5 nitrogen and oxygen atoms in total. The molecule has 1 fully saturated rings. The molecule has 1 atom stereocenters. The van der Waals surface area contributed by atoms with E-state index in [1.807, 2.05) is 17.0 Å². The van der Waals surface area contributed by atoms with Gasteiger partial charge in [-0.05, 0) is 18.9 Å². The highest BCUT2D eigenvalue weighted by Crippen LogP contribution is 2.43. The lowest BCUT2D eigenvalue weighted by molar-refractivity contribution is -0.130. The van der Waals surface area contributed by atoms with Crippen molar-refractivity contribution >= 4 is 23.2 Å². The molecule has 0 bridgehead atoms. The number of anilines is 2.